The molecule has 0 spiro atoms. The van der Waals surface area contributed by atoms with Crippen LogP contribution >= 0.6 is 11.6 Å². The maximum absolute atomic E-state index is 12.5. The molecule has 0 saturated heterocycles. The molecule has 1 aromatic rings. The molecular weight excluding hydrogens is 319 g/mol. The zero-order valence-corrected chi connectivity index (χ0v) is 13.0. The summed E-state index contributed by atoms with van der Waals surface area (Å²) in [5.74, 6) is 5.21. The van der Waals surface area contributed by atoms with Crippen LogP contribution < -0.4 is 5.32 Å². The van der Waals surface area contributed by atoms with Gasteiger partial charge in [0.15, 0.2) is 0 Å². The first kappa shape index (κ1) is 18.2. The van der Waals surface area contributed by atoms with Crippen LogP contribution in [0.2, 0.25) is 5.02 Å². The zero-order valence-electron chi connectivity index (χ0n) is 12.3. The van der Waals surface area contributed by atoms with Crippen molar-refractivity contribution >= 4 is 17.7 Å². The molecule has 0 aliphatic heterocycles. The summed E-state index contributed by atoms with van der Waals surface area (Å²) in [6.45, 7) is 5.18. The van der Waals surface area contributed by atoms with Gasteiger partial charge in [-0.3, -0.25) is 0 Å². The molecule has 0 unspecified atom stereocenters. The van der Waals surface area contributed by atoms with E-state index in [1.807, 2.05) is 0 Å². The van der Waals surface area contributed by atoms with E-state index in [-0.39, 0.29) is 6.54 Å². The zero-order chi connectivity index (χ0) is 17.0. The Labute approximate surface area is 131 Å². The lowest BCUT2D eigenvalue weighted by molar-refractivity contribution is -0.137. The maximum Gasteiger partial charge on any atom is 0.417 e. The summed E-state index contributed by atoms with van der Waals surface area (Å²) in [6.07, 6.45) is -5.12. The van der Waals surface area contributed by atoms with Crippen molar-refractivity contribution < 1.29 is 22.7 Å². The van der Waals surface area contributed by atoms with E-state index in [9.17, 15) is 18.0 Å². The van der Waals surface area contributed by atoms with Crippen molar-refractivity contribution in [3.63, 3.8) is 0 Å². The van der Waals surface area contributed by atoms with Gasteiger partial charge in [-0.2, -0.15) is 13.2 Å². The standard InChI is InChI=1S/C15H15ClF3NO2/c1-14(2,3)22-13(21)20-8-4-5-10-6-7-11(12(16)9-10)15(17,18)19/h6-7,9H,8H2,1-3H3,(H,20,21). The fraction of sp³-hybridized carbons (Fsp3) is 0.400. The number of carbonyl (C=O) groups excluding carboxylic acids is 1. The second kappa shape index (κ2) is 6.93. The molecule has 0 heterocycles. The van der Waals surface area contributed by atoms with E-state index in [2.05, 4.69) is 17.2 Å². The number of benzene rings is 1. The first-order valence-electron chi connectivity index (χ1n) is 6.31. The number of rotatable bonds is 1. The third-order valence-corrected chi connectivity index (χ3v) is 2.54. The van der Waals surface area contributed by atoms with E-state index in [0.717, 1.165) is 12.1 Å². The van der Waals surface area contributed by atoms with Gasteiger partial charge in [0, 0.05) is 5.56 Å². The van der Waals surface area contributed by atoms with E-state index in [1.165, 1.54) is 6.07 Å². The van der Waals surface area contributed by atoms with Crippen molar-refractivity contribution in [2.45, 2.75) is 32.5 Å². The number of hydrogen-bond acceptors (Lipinski definition) is 2. The molecule has 0 aromatic heterocycles. The number of alkyl halides is 3. The number of hydrogen-bond donors (Lipinski definition) is 1. The topological polar surface area (TPSA) is 38.3 Å². The molecule has 120 valence electrons. The summed E-state index contributed by atoms with van der Waals surface area (Å²) in [5, 5.41) is 1.99. The van der Waals surface area contributed by atoms with Gasteiger partial charge >= 0.3 is 12.3 Å². The Kier molecular flexibility index (Phi) is 5.72. The quantitative estimate of drug-likeness (QED) is 0.781. The van der Waals surface area contributed by atoms with Gasteiger partial charge < -0.3 is 10.1 Å². The van der Waals surface area contributed by atoms with Crippen LogP contribution in [0.3, 0.4) is 0 Å². The highest BCUT2D eigenvalue weighted by atomic mass is 35.5. The minimum Gasteiger partial charge on any atom is -0.444 e. The molecule has 22 heavy (non-hydrogen) atoms. The lowest BCUT2D eigenvalue weighted by atomic mass is 10.1. The first-order chi connectivity index (χ1) is 9.99. The predicted octanol–water partition coefficient (Wildman–Crippen LogP) is 4.24. The van der Waals surface area contributed by atoms with E-state index in [4.69, 9.17) is 16.3 Å². The number of halogens is 4. The van der Waals surface area contributed by atoms with Gasteiger partial charge in [-0.25, -0.2) is 4.79 Å². The number of carbonyl (C=O) groups is 1. The molecular formula is C15H15ClF3NO2. The summed E-state index contributed by atoms with van der Waals surface area (Å²) in [5.41, 5.74) is -1.20. The van der Waals surface area contributed by atoms with Crippen molar-refractivity contribution in [2.24, 2.45) is 0 Å². The summed E-state index contributed by atoms with van der Waals surface area (Å²) in [7, 11) is 0. The molecule has 1 N–H and O–H groups in total. The molecule has 0 radical (unpaired) electrons. The maximum atomic E-state index is 12.5. The molecule has 0 aliphatic rings. The third kappa shape index (κ3) is 6.27. The molecule has 3 nitrogen and oxygen atoms in total. The van der Waals surface area contributed by atoms with E-state index < -0.39 is 28.5 Å². The minimum atomic E-state index is -4.50. The van der Waals surface area contributed by atoms with E-state index in [1.54, 1.807) is 20.8 Å². The highest BCUT2D eigenvalue weighted by molar-refractivity contribution is 6.31. The molecule has 1 amide bonds. The Morgan fingerprint density at radius 2 is 1.95 bits per heavy atom. The highest BCUT2D eigenvalue weighted by Gasteiger charge is 2.32. The van der Waals surface area contributed by atoms with Crippen LogP contribution in [0.25, 0.3) is 0 Å². The molecule has 7 heteroatoms. The fourth-order valence-corrected chi connectivity index (χ4v) is 1.69. The molecule has 0 atom stereocenters. The summed E-state index contributed by atoms with van der Waals surface area (Å²) in [6, 6.07) is 3.22. The molecule has 0 saturated carbocycles. The average molecular weight is 334 g/mol. The van der Waals surface area contributed by atoms with Gasteiger partial charge in [0.25, 0.3) is 0 Å². The first-order valence-corrected chi connectivity index (χ1v) is 6.69. The number of ether oxygens (including phenoxy) is 1. The van der Waals surface area contributed by atoms with Crippen LogP contribution in [0.4, 0.5) is 18.0 Å². The Hall–Kier alpha value is -1.87. The Morgan fingerprint density at radius 3 is 2.45 bits per heavy atom. The molecule has 0 bridgehead atoms. The monoisotopic (exact) mass is 333 g/mol. The average Bonchev–Trinajstić information content (AvgIpc) is 2.31. The second-order valence-corrected chi connectivity index (χ2v) is 5.76. The Balaban J connectivity index is 2.63. The second-order valence-electron chi connectivity index (χ2n) is 5.35. The predicted molar refractivity (Wildman–Crippen MR) is 77.6 cm³/mol. The van der Waals surface area contributed by atoms with Crippen LogP contribution in [-0.2, 0) is 10.9 Å². The Morgan fingerprint density at radius 1 is 1.32 bits per heavy atom. The smallest absolute Gasteiger partial charge is 0.417 e. The molecule has 0 aliphatic carbocycles. The summed E-state index contributed by atoms with van der Waals surface area (Å²) >= 11 is 5.57. The van der Waals surface area contributed by atoms with E-state index >= 15 is 0 Å². The van der Waals surface area contributed by atoms with Gasteiger partial charge in [-0.1, -0.05) is 23.4 Å². The van der Waals surface area contributed by atoms with Crippen LogP contribution in [0.1, 0.15) is 31.9 Å². The number of nitrogens with one attached hydrogen (secondary N) is 1. The van der Waals surface area contributed by atoms with Crippen molar-refractivity contribution in [1.82, 2.24) is 5.32 Å². The van der Waals surface area contributed by atoms with Gasteiger partial charge in [-0.05, 0) is 39.0 Å². The van der Waals surface area contributed by atoms with Crippen molar-refractivity contribution in [1.29, 1.82) is 0 Å². The van der Waals surface area contributed by atoms with Crippen molar-refractivity contribution in [2.75, 3.05) is 6.54 Å². The third-order valence-electron chi connectivity index (χ3n) is 2.23. The summed E-state index contributed by atoms with van der Waals surface area (Å²) < 4.78 is 42.6. The SMILES string of the molecule is CC(C)(C)OC(=O)NCC#Cc1ccc(C(F)(F)F)c(Cl)c1. The van der Waals surface area contributed by atoms with E-state index in [0.29, 0.717) is 5.56 Å². The van der Waals surface area contributed by atoms with Gasteiger partial charge in [0.05, 0.1) is 17.1 Å². The van der Waals surface area contributed by atoms with Gasteiger partial charge in [0.2, 0.25) is 0 Å². The molecule has 1 rings (SSSR count). The minimum absolute atomic E-state index is 0.00749. The fourth-order valence-electron chi connectivity index (χ4n) is 1.40. The van der Waals surface area contributed by atoms with Crippen molar-refractivity contribution in [3.05, 3.63) is 34.3 Å². The van der Waals surface area contributed by atoms with Gasteiger partial charge in [-0.15, -0.1) is 0 Å². The number of amides is 1. The van der Waals surface area contributed by atoms with Crippen LogP contribution in [0, 0.1) is 11.8 Å². The van der Waals surface area contributed by atoms with Crippen LogP contribution in [0.5, 0.6) is 0 Å². The molecule has 1 aromatic carbocycles. The highest BCUT2D eigenvalue weighted by Crippen LogP contribution is 2.34. The van der Waals surface area contributed by atoms with Crippen LogP contribution in [0.15, 0.2) is 18.2 Å². The van der Waals surface area contributed by atoms with Crippen molar-refractivity contribution in [3.8, 4) is 11.8 Å². The number of alkyl carbamates (subject to hydrolysis) is 1. The summed E-state index contributed by atoms with van der Waals surface area (Å²) in [4.78, 5) is 11.3. The van der Waals surface area contributed by atoms with Crippen LogP contribution in [-0.4, -0.2) is 18.2 Å². The largest absolute Gasteiger partial charge is 0.444 e. The normalized spacial score (nSPS) is 11.4. The Bertz CT molecular complexity index is 610. The lowest BCUT2D eigenvalue weighted by Crippen LogP contribution is -2.32. The molecule has 0 fully saturated rings. The lowest BCUT2D eigenvalue weighted by Gasteiger charge is -2.19. The van der Waals surface area contributed by atoms with Gasteiger partial charge in [0.1, 0.15) is 5.60 Å².